The first-order valence-electron chi connectivity index (χ1n) is 5.79. The van der Waals surface area contributed by atoms with Crippen molar-refractivity contribution in [2.24, 2.45) is 0 Å². The van der Waals surface area contributed by atoms with Gasteiger partial charge in [-0.15, -0.1) is 11.3 Å². The van der Waals surface area contributed by atoms with E-state index in [1.165, 1.54) is 23.5 Å². The molecule has 0 saturated heterocycles. The molecule has 8 heteroatoms. The van der Waals surface area contributed by atoms with Crippen molar-refractivity contribution in [2.45, 2.75) is 24.8 Å². The summed E-state index contributed by atoms with van der Waals surface area (Å²) in [4.78, 5) is 4.05. The molecule has 5 nitrogen and oxygen atoms in total. The smallest absolute Gasteiger partial charge is 0.241 e. The molecule has 0 radical (unpaired) electrons. The fourth-order valence-corrected chi connectivity index (χ4v) is 3.69. The number of sulfonamides is 1. The molecule has 0 aliphatic heterocycles. The molecule has 0 saturated carbocycles. The molecule has 1 unspecified atom stereocenters. The van der Waals surface area contributed by atoms with Crippen LogP contribution in [0.3, 0.4) is 0 Å². The normalized spacial score (nSPS) is 13.3. The van der Waals surface area contributed by atoms with Crippen LogP contribution in [0.15, 0.2) is 28.5 Å². The standard InChI is InChI=1S/C12H14FN3O2S2/c1-7-6-19-12(15-7)8(2)16-20(17,18)9-3-4-11(14)10(13)5-9/h3-6,8,16H,14H2,1-2H3. The van der Waals surface area contributed by atoms with Crippen LogP contribution in [-0.4, -0.2) is 13.4 Å². The summed E-state index contributed by atoms with van der Waals surface area (Å²) in [5.74, 6) is -0.759. The third kappa shape index (κ3) is 3.14. The van der Waals surface area contributed by atoms with Crippen LogP contribution < -0.4 is 10.5 Å². The van der Waals surface area contributed by atoms with Crippen molar-refractivity contribution in [3.05, 3.63) is 40.1 Å². The number of thiazole rings is 1. The zero-order valence-electron chi connectivity index (χ0n) is 10.9. The molecular weight excluding hydrogens is 301 g/mol. The summed E-state index contributed by atoms with van der Waals surface area (Å²) < 4.78 is 40.1. The van der Waals surface area contributed by atoms with E-state index >= 15 is 0 Å². The molecule has 3 N–H and O–H groups in total. The van der Waals surface area contributed by atoms with E-state index in [4.69, 9.17) is 5.73 Å². The minimum Gasteiger partial charge on any atom is -0.396 e. The summed E-state index contributed by atoms with van der Waals surface area (Å²) in [6.45, 7) is 3.51. The summed E-state index contributed by atoms with van der Waals surface area (Å²) in [6, 6.07) is 2.90. The van der Waals surface area contributed by atoms with Gasteiger partial charge in [0.1, 0.15) is 10.8 Å². The predicted octanol–water partition coefficient (Wildman–Crippen LogP) is 2.21. The number of hydrogen-bond donors (Lipinski definition) is 2. The highest BCUT2D eigenvalue weighted by Crippen LogP contribution is 2.21. The molecule has 0 bridgehead atoms. The van der Waals surface area contributed by atoms with Crippen LogP contribution in [0, 0.1) is 12.7 Å². The zero-order chi connectivity index (χ0) is 14.9. The number of nitrogens with one attached hydrogen (secondary N) is 1. The van der Waals surface area contributed by atoms with Crippen LogP contribution in [0.1, 0.15) is 23.7 Å². The van der Waals surface area contributed by atoms with Crippen molar-refractivity contribution in [3.63, 3.8) is 0 Å². The van der Waals surface area contributed by atoms with E-state index in [1.807, 2.05) is 12.3 Å². The average Bonchev–Trinajstić information content (AvgIpc) is 2.79. The molecule has 0 aliphatic rings. The second-order valence-electron chi connectivity index (χ2n) is 4.35. The van der Waals surface area contributed by atoms with Gasteiger partial charge in [0.2, 0.25) is 10.0 Å². The molecule has 0 amide bonds. The van der Waals surface area contributed by atoms with Crippen molar-refractivity contribution in [1.82, 2.24) is 9.71 Å². The maximum absolute atomic E-state index is 13.3. The molecule has 0 aliphatic carbocycles. The Bertz CT molecular complexity index is 728. The van der Waals surface area contributed by atoms with E-state index < -0.39 is 21.9 Å². The molecule has 108 valence electrons. The van der Waals surface area contributed by atoms with Crippen LogP contribution in [0.4, 0.5) is 10.1 Å². The van der Waals surface area contributed by atoms with Gasteiger partial charge in [-0.3, -0.25) is 0 Å². The predicted molar refractivity (Wildman–Crippen MR) is 76.4 cm³/mol. The van der Waals surface area contributed by atoms with E-state index in [0.29, 0.717) is 5.01 Å². The number of nitrogens with two attached hydrogens (primary N) is 1. The quantitative estimate of drug-likeness (QED) is 0.847. The Morgan fingerprint density at radius 1 is 1.45 bits per heavy atom. The number of rotatable bonds is 4. The third-order valence-electron chi connectivity index (χ3n) is 2.62. The minimum absolute atomic E-state index is 0.0902. The molecule has 1 atom stereocenters. The van der Waals surface area contributed by atoms with Gasteiger partial charge in [-0.25, -0.2) is 22.5 Å². The molecule has 0 spiro atoms. The zero-order valence-corrected chi connectivity index (χ0v) is 12.6. The van der Waals surface area contributed by atoms with Crippen molar-refractivity contribution < 1.29 is 12.8 Å². The Morgan fingerprint density at radius 2 is 2.15 bits per heavy atom. The number of halogens is 1. The van der Waals surface area contributed by atoms with Crippen molar-refractivity contribution in [2.75, 3.05) is 5.73 Å². The van der Waals surface area contributed by atoms with Crippen LogP contribution in [0.5, 0.6) is 0 Å². The van der Waals surface area contributed by atoms with Crippen LogP contribution in [0.2, 0.25) is 0 Å². The summed E-state index contributed by atoms with van der Waals surface area (Å²) in [6.07, 6.45) is 0. The fourth-order valence-electron chi connectivity index (χ4n) is 1.60. The van der Waals surface area contributed by atoms with Crippen molar-refractivity contribution in [3.8, 4) is 0 Å². The minimum atomic E-state index is -3.82. The fraction of sp³-hybridized carbons (Fsp3) is 0.250. The first-order chi connectivity index (χ1) is 9.29. The Kier molecular flexibility index (Phi) is 4.07. The molecule has 2 aromatic rings. The molecular formula is C12H14FN3O2S2. The number of nitrogens with zero attached hydrogens (tertiary/aromatic N) is 1. The van der Waals surface area contributed by atoms with Gasteiger partial charge < -0.3 is 5.73 Å². The van der Waals surface area contributed by atoms with Crippen LogP contribution in [-0.2, 0) is 10.0 Å². The monoisotopic (exact) mass is 315 g/mol. The van der Waals surface area contributed by atoms with Gasteiger partial charge in [0.25, 0.3) is 0 Å². The Balaban J connectivity index is 2.24. The van der Waals surface area contributed by atoms with Gasteiger partial charge >= 0.3 is 0 Å². The maximum atomic E-state index is 13.3. The van der Waals surface area contributed by atoms with Gasteiger partial charge in [0, 0.05) is 11.1 Å². The van der Waals surface area contributed by atoms with Gasteiger partial charge in [-0.05, 0) is 32.0 Å². The third-order valence-corrected chi connectivity index (χ3v) is 5.31. The Morgan fingerprint density at radius 3 is 2.70 bits per heavy atom. The molecule has 1 aromatic carbocycles. The van der Waals surface area contributed by atoms with E-state index in [-0.39, 0.29) is 10.6 Å². The lowest BCUT2D eigenvalue weighted by atomic mass is 10.3. The van der Waals surface area contributed by atoms with E-state index in [0.717, 1.165) is 11.8 Å². The second-order valence-corrected chi connectivity index (χ2v) is 6.96. The largest absolute Gasteiger partial charge is 0.396 e. The lowest BCUT2D eigenvalue weighted by molar-refractivity contribution is 0.563. The number of anilines is 1. The second kappa shape index (κ2) is 5.47. The van der Waals surface area contributed by atoms with Crippen LogP contribution in [0.25, 0.3) is 0 Å². The van der Waals surface area contributed by atoms with E-state index in [2.05, 4.69) is 9.71 Å². The van der Waals surface area contributed by atoms with E-state index in [1.54, 1.807) is 6.92 Å². The topological polar surface area (TPSA) is 85.1 Å². The number of aromatic nitrogens is 1. The summed E-state index contributed by atoms with van der Waals surface area (Å²) in [5, 5.41) is 2.49. The Hall–Kier alpha value is -1.51. The van der Waals surface area contributed by atoms with E-state index in [9.17, 15) is 12.8 Å². The van der Waals surface area contributed by atoms with Gasteiger partial charge in [-0.1, -0.05) is 0 Å². The molecule has 1 aromatic heterocycles. The summed E-state index contributed by atoms with van der Waals surface area (Å²) in [7, 11) is -3.82. The first kappa shape index (κ1) is 14.9. The SMILES string of the molecule is Cc1csc(C(C)NS(=O)(=O)c2ccc(N)c(F)c2)n1. The lowest BCUT2D eigenvalue weighted by Crippen LogP contribution is -2.27. The van der Waals surface area contributed by atoms with Crippen molar-refractivity contribution >= 4 is 27.0 Å². The highest BCUT2D eigenvalue weighted by Gasteiger charge is 2.21. The number of hydrogen-bond acceptors (Lipinski definition) is 5. The first-order valence-corrected chi connectivity index (χ1v) is 8.15. The Labute approximate surface area is 120 Å². The lowest BCUT2D eigenvalue weighted by Gasteiger charge is -2.12. The summed E-state index contributed by atoms with van der Waals surface area (Å²) in [5.41, 5.74) is 6.07. The highest BCUT2D eigenvalue weighted by atomic mass is 32.2. The van der Waals surface area contributed by atoms with Crippen molar-refractivity contribution in [1.29, 1.82) is 0 Å². The number of benzene rings is 1. The molecule has 0 fully saturated rings. The molecule has 1 heterocycles. The summed E-state index contributed by atoms with van der Waals surface area (Å²) >= 11 is 1.37. The number of nitrogen functional groups attached to an aromatic ring is 1. The maximum Gasteiger partial charge on any atom is 0.241 e. The highest BCUT2D eigenvalue weighted by molar-refractivity contribution is 7.89. The van der Waals surface area contributed by atoms with Gasteiger partial charge in [0.05, 0.1) is 16.6 Å². The number of aryl methyl sites for hydroxylation is 1. The average molecular weight is 315 g/mol. The van der Waals surface area contributed by atoms with Gasteiger partial charge in [0.15, 0.2) is 0 Å². The van der Waals surface area contributed by atoms with Crippen LogP contribution >= 0.6 is 11.3 Å². The van der Waals surface area contributed by atoms with Gasteiger partial charge in [-0.2, -0.15) is 0 Å². The molecule has 20 heavy (non-hydrogen) atoms. The molecule has 2 rings (SSSR count).